The summed E-state index contributed by atoms with van der Waals surface area (Å²) in [5, 5.41) is 3.32. The Labute approximate surface area is 75.1 Å². The summed E-state index contributed by atoms with van der Waals surface area (Å²) < 4.78 is 5.43. The Morgan fingerprint density at radius 3 is 2.75 bits per heavy atom. The van der Waals surface area contributed by atoms with Crippen molar-refractivity contribution in [2.45, 2.75) is 32.5 Å². The molecule has 1 rings (SSSR count). The van der Waals surface area contributed by atoms with Gasteiger partial charge in [-0.3, -0.25) is 4.90 Å². The molecule has 1 unspecified atom stereocenters. The maximum atomic E-state index is 5.43. The standard InChI is InChI=1S/C9H20N2O/c1-8(2)11-5-7-12-6-4-9(11)10-3/h8-10H,4-7H2,1-3H3. The topological polar surface area (TPSA) is 24.5 Å². The van der Waals surface area contributed by atoms with Gasteiger partial charge in [-0.05, 0) is 27.3 Å². The highest BCUT2D eigenvalue weighted by Gasteiger charge is 2.21. The van der Waals surface area contributed by atoms with Gasteiger partial charge in [-0.25, -0.2) is 0 Å². The molecular formula is C9H20N2O. The monoisotopic (exact) mass is 172 g/mol. The molecule has 0 bridgehead atoms. The van der Waals surface area contributed by atoms with Crippen LogP contribution in [0.15, 0.2) is 0 Å². The fourth-order valence-electron chi connectivity index (χ4n) is 1.72. The van der Waals surface area contributed by atoms with Crippen LogP contribution in [0.25, 0.3) is 0 Å². The zero-order chi connectivity index (χ0) is 8.97. The number of rotatable bonds is 2. The number of nitrogens with zero attached hydrogens (tertiary/aromatic N) is 1. The summed E-state index contributed by atoms with van der Waals surface area (Å²) in [6.07, 6.45) is 1.58. The lowest BCUT2D eigenvalue weighted by atomic mass is 10.2. The second-order valence-corrected chi connectivity index (χ2v) is 3.54. The molecule has 12 heavy (non-hydrogen) atoms. The van der Waals surface area contributed by atoms with Crippen molar-refractivity contribution in [3.8, 4) is 0 Å². The smallest absolute Gasteiger partial charge is 0.0619 e. The molecule has 1 saturated heterocycles. The van der Waals surface area contributed by atoms with Gasteiger partial charge in [-0.1, -0.05) is 0 Å². The maximum absolute atomic E-state index is 5.43. The van der Waals surface area contributed by atoms with Gasteiger partial charge in [-0.15, -0.1) is 0 Å². The molecule has 3 heteroatoms. The molecule has 0 amide bonds. The van der Waals surface area contributed by atoms with Crippen LogP contribution in [0.1, 0.15) is 20.3 Å². The highest BCUT2D eigenvalue weighted by Crippen LogP contribution is 2.09. The van der Waals surface area contributed by atoms with Gasteiger partial charge in [-0.2, -0.15) is 0 Å². The Morgan fingerprint density at radius 1 is 1.42 bits per heavy atom. The van der Waals surface area contributed by atoms with Crippen LogP contribution in [0.3, 0.4) is 0 Å². The van der Waals surface area contributed by atoms with Crippen molar-refractivity contribution in [1.82, 2.24) is 10.2 Å². The van der Waals surface area contributed by atoms with E-state index >= 15 is 0 Å². The van der Waals surface area contributed by atoms with Crippen molar-refractivity contribution in [3.63, 3.8) is 0 Å². The van der Waals surface area contributed by atoms with E-state index in [1.807, 2.05) is 7.05 Å². The SMILES string of the molecule is CNC1CCOCCN1C(C)C. The number of nitrogens with one attached hydrogen (secondary N) is 1. The van der Waals surface area contributed by atoms with Crippen LogP contribution in [0, 0.1) is 0 Å². The van der Waals surface area contributed by atoms with Gasteiger partial charge in [0.05, 0.1) is 12.8 Å². The first-order valence-corrected chi connectivity index (χ1v) is 4.76. The minimum absolute atomic E-state index is 0.493. The zero-order valence-corrected chi connectivity index (χ0v) is 8.34. The Balaban J connectivity index is 2.51. The number of hydrogen-bond donors (Lipinski definition) is 1. The van der Waals surface area contributed by atoms with E-state index in [4.69, 9.17) is 4.74 Å². The molecule has 1 aliphatic heterocycles. The number of hydrogen-bond acceptors (Lipinski definition) is 3. The fourth-order valence-corrected chi connectivity index (χ4v) is 1.72. The quantitative estimate of drug-likeness (QED) is 0.662. The Hall–Kier alpha value is -0.120. The van der Waals surface area contributed by atoms with Crippen molar-refractivity contribution in [1.29, 1.82) is 0 Å². The van der Waals surface area contributed by atoms with E-state index < -0.39 is 0 Å². The van der Waals surface area contributed by atoms with Crippen molar-refractivity contribution in [3.05, 3.63) is 0 Å². The lowest BCUT2D eigenvalue weighted by Gasteiger charge is -2.32. The van der Waals surface area contributed by atoms with E-state index in [2.05, 4.69) is 24.1 Å². The van der Waals surface area contributed by atoms with Crippen molar-refractivity contribution < 1.29 is 4.74 Å². The van der Waals surface area contributed by atoms with Gasteiger partial charge in [0, 0.05) is 19.2 Å². The molecule has 0 aromatic rings. The molecular weight excluding hydrogens is 152 g/mol. The molecule has 1 fully saturated rings. The van der Waals surface area contributed by atoms with Crippen LogP contribution >= 0.6 is 0 Å². The minimum Gasteiger partial charge on any atom is -0.380 e. The summed E-state index contributed by atoms with van der Waals surface area (Å²) >= 11 is 0. The maximum Gasteiger partial charge on any atom is 0.0619 e. The van der Waals surface area contributed by atoms with Gasteiger partial charge >= 0.3 is 0 Å². The average molecular weight is 172 g/mol. The molecule has 0 aromatic heterocycles. The first-order chi connectivity index (χ1) is 5.75. The Kier molecular flexibility index (Phi) is 3.98. The van der Waals surface area contributed by atoms with E-state index in [0.29, 0.717) is 12.2 Å². The highest BCUT2D eigenvalue weighted by atomic mass is 16.5. The van der Waals surface area contributed by atoms with Crippen LogP contribution in [0.5, 0.6) is 0 Å². The molecule has 1 N–H and O–H groups in total. The van der Waals surface area contributed by atoms with Gasteiger partial charge in [0.1, 0.15) is 0 Å². The molecule has 1 heterocycles. The summed E-state index contributed by atoms with van der Waals surface area (Å²) in [5.74, 6) is 0. The summed E-state index contributed by atoms with van der Waals surface area (Å²) in [6.45, 7) is 7.26. The third-order valence-electron chi connectivity index (χ3n) is 2.43. The average Bonchev–Trinajstić information content (AvgIpc) is 2.27. The first kappa shape index (κ1) is 9.96. The van der Waals surface area contributed by atoms with Crippen LogP contribution in [0.4, 0.5) is 0 Å². The molecule has 72 valence electrons. The summed E-state index contributed by atoms with van der Waals surface area (Å²) in [4.78, 5) is 2.45. The van der Waals surface area contributed by atoms with Crippen molar-refractivity contribution in [2.24, 2.45) is 0 Å². The van der Waals surface area contributed by atoms with E-state index in [0.717, 1.165) is 26.2 Å². The molecule has 1 atom stereocenters. The summed E-state index contributed by atoms with van der Waals surface area (Å²) in [7, 11) is 2.02. The lowest BCUT2D eigenvalue weighted by Crippen LogP contribution is -2.47. The van der Waals surface area contributed by atoms with Crippen LogP contribution < -0.4 is 5.32 Å². The normalized spacial score (nSPS) is 27.5. The van der Waals surface area contributed by atoms with Gasteiger partial charge in [0.15, 0.2) is 0 Å². The van der Waals surface area contributed by atoms with Gasteiger partial charge in [0.25, 0.3) is 0 Å². The first-order valence-electron chi connectivity index (χ1n) is 4.76. The predicted molar refractivity (Wildman–Crippen MR) is 50.1 cm³/mol. The minimum atomic E-state index is 0.493. The largest absolute Gasteiger partial charge is 0.380 e. The summed E-state index contributed by atoms with van der Waals surface area (Å²) in [6, 6.07) is 0.601. The third kappa shape index (κ3) is 2.44. The zero-order valence-electron chi connectivity index (χ0n) is 8.34. The predicted octanol–water partition coefficient (Wildman–Crippen LogP) is 0.663. The Bertz CT molecular complexity index is 128. The van der Waals surface area contributed by atoms with E-state index in [-0.39, 0.29) is 0 Å². The van der Waals surface area contributed by atoms with Gasteiger partial charge in [0.2, 0.25) is 0 Å². The van der Waals surface area contributed by atoms with Crippen LogP contribution in [-0.4, -0.2) is 43.9 Å². The second kappa shape index (κ2) is 4.80. The second-order valence-electron chi connectivity index (χ2n) is 3.54. The van der Waals surface area contributed by atoms with Crippen LogP contribution in [-0.2, 0) is 4.74 Å². The molecule has 0 saturated carbocycles. The summed E-state index contributed by atoms with van der Waals surface area (Å²) in [5.41, 5.74) is 0. The lowest BCUT2D eigenvalue weighted by molar-refractivity contribution is 0.123. The van der Waals surface area contributed by atoms with Crippen molar-refractivity contribution >= 4 is 0 Å². The molecule has 0 radical (unpaired) electrons. The van der Waals surface area contributed by atoms with E-state index in [9.17, 15) is 0 Å². The number of ether oxygens (including phenoxy) is 1. The molecule has 0 aromatic carbocycles. The highest BCUT2D eigenvalue weighted by molar-refractivity contribution is 4.73. The van der Waals surface area contributed by atoms with E-state index in [1.165, 1.54) is 0 Å². The van der Waals surface area contributed by atoms with E-state index in [1.54, 1.807) is 0 Å². The van der Waals surface area contributed by atoms with Crippen molar-refractivity contribution in [2.75, 3.05) is 26.8 Å². The Morgan fingerprint density at radius 2 is 2.17 bits per heavy atom. The molecule has 1 aliphatic rings. The molecule has 0 spiro atoms. The van der Waals surface area contributed by atoms with Crippen LogP contribution in [0.2, 0.25) is 0 Å². The van der Waals surface area contributed by atoms with Gasteiger partial charge < -0.3 is 10.1 Å². The molecule has 0 aliphatic carbocycles. The molecule has 3 nitrogen and oxygen atoms in total. The third-order valence-corrected chi connectivity index (χ3v) is 2.43. The fraction of sp³-hybridized carbons (Fsp3) is 1.00.